The molecule has 0 heterocycles. The average molecular weight is 282 g/mol. The Balaban J connectivity index is 2.28. The van der Waals surface area contributed by atoms with Gasteiger partial charge in [-0.1, -0.05) is 11.8 Å². The van der Waals surface area contributed by atoms with Crippen molar-refractivity contribution in [2.75, 3.05) is 13.2 Å². The summed E-state index contributed by atoms with van der Waals surface area (Å²) in [5.41, 5.74) is 0. The summed E-state index contributed by atoms with van der Waals surface area (Å²) in [7, 11) is 0. The van der Waals surface area contributed by atoms with Crippen LogP contribution in [0.25, 0.3) is 0 Å². The second-order valence-electron chi connectivity index (χ2n) is 4.20. The highest BCUT2D eigenvalue weighted by molar-refractivity contribution is 5.74. The molecule has 0 aliphatic carbocycles. The average Bonchev–Trinajstić information content (AvgIpc) is 2.34. The van der Waals surface area contributed by atoms with Gasteiger partial charge in [0.15, 0.2) is 11.6 Å². The summed E-state index contributed by atoms with van der Waals surface area (Å²) < 4.78 is 30.8. The number of carbonyl (C=O) groups excluding carboxylic acids is 1. The van der Waals surface area contributed by atoms with Gasteiger partial charge in [0.2, 0.25) is 0 Å². The number of ether oxygens (including phenoxy) is 1. The minimum Gasteiger partial charge on any atom is -0.478 e. The fraction of sp³-hybridized carbons (Fsp3) is 0.357. The molecular formula is C14H16F2N2O2. The van der Waals surface area contributed by atoms with Crippen LogP contribution in [0.1, 0.15) is 13.8 Å². The highest BCUT2D eigenvalue weighted by atomic mass is 19.1. The third-order valence-electron chi connectivity index (χ3n) is 2.08. The molecule has 0 saturated heterocycles. The van der Waals surface area contributed by atoms with Gasteiger partial charge in [0, 0.05) is 12.1 Å². The van der Waals surface area contributed by atoms with Crippen molar-refractivity contribution < 1.29 is 18.3 Å². The predicted octanol–water partition coefficient (Wildman–Crippen LogP) is 2.05. The SMILES string of the molecule is CC(C)NC(=O)NCC#CCOc1ccc(F)cc1F. The predicted molar refractivity (Wildman–Crippen MR) is 71.3 cm³/mol. The van der Waals surface area contributed by atoms with E-state index in [-0.39, 0.29) is 31.0 Å². The van der Waals surface area contributed by atoms with Crippen LogP contribution in [0, 0.1) is 23.5 Å². The van der Waals surface area contributed by atoms with Gasteiger partial charge in [0.25, 0.3) is 0 Å². The van der Waals surface area contributed by atoms with Crippen molar-refractivity contribution in [3.05, 3.63) is 29.8 Å². The van der Waals surface area contributed by atoms with Gasteiger partial charge in [0.1, 0.15) is 12.4 Å². The van der Waals surface area contributed by atoms with E-state index in [4.69, 9.17) is 4.74 Å². The first-order valence-corrected chi connectivity index (χ1v) is 6.07. The Morgan fingerprint density at radius 2 is 2.10 bits per heavy atom. The number of urea groups is 1. The van der Waals surface area contributed by atoms with Gasteiger partial charge in [-0.15, -0.1) is 0 Å². The van der Waals surface area contributed by atoms with E-state index in [9.17, 15) is 13.6 Å². The van der Waals surface area contributed by atoms with Crippen LogP contribution in [0.4, 0.5) is 13.6 Å². The fourth-order valence-corrected chi connectivity index (χ4v) is 1.26. The molecule has 0 bridgehead atoms. The Hall–Kier alpha value is -2.29. The van der Waals surface area contributed by atoms with E-state index in [2.05, 4.69) is 22.5 Å². The van der Waals surface area contributed by atoms with Gasteiger partial charge < -0.3 is 15.4 Å². The number of nitrogens with one attached hydrogen (secondary N) is 2. The zero-order chi connectivity index (χ0) is 15.0. The monoisotopic (exact) mass is 282 g/mol. The molecule has 0 spiro atoms. The normalized spacial score (nSPS) is 9.65. The van der Waals surface area contributed by atoms with Gasteiger partial charge in [-0.3, -0.25) is 0 Å². The van der Waals surface area contributed by atoms with Gasteiger partial charge in [-0.25, -0.2) is 13.6 Å². The highest BCUT2D eigenvalue weighted by Crippen LogP contribution is 2.16. The van der Waals surface area contributed by atoms with Crippen molar-refractivity contribution in [2.24, 2.45) is 0 Å². The molecule has 0 aliphatic rings. The number of hydrogen-bond acceptors (Lipinski definition) is 2. The van der Waals surface area contributed by atoms with Gasteiger partial charge in [-0.05, 0) is 26.0 Å². The number of rotatable bonds is 4. The summed E-state index contributed by atoms with van der Waals surface area (Å²) in [6.45, 7) is 3.80. The second-order valence-corrected chi connectivity index (χ2v) is 4.20. The van der Waals surface area contributed by atoms with E-state index in [1.54, 1.807) is 0 Å². The number of hydrogen-bond donors (Lipinski definition) is 2. The molecule has 20 heavy (non-hydrogen) atoms. The maximum absolute atomic E-state index is 13.2. The minimum atomic E-state index is -0.777. The summed E-state index contributed by atoms with van der Waals surface area (Å²) in [5, 5.41) is 5.17. The molecule has 0 radical (unpaired) electrons. The molecule has 6 heteroatoms. The lowest BCUT2D eigenvalue weighted by atomic mass is 10.3. The molecule has 1 rings (SSSR count). The van der Waals surface area contributed by atoms with Crippen molar-refractivity contribution in [3.8, 4) is 17.6 Å². The number of benzene rings is 1. The van der Waals surface area contributed by atoms with Crippen LogP contribution in [0.2, 0.25) is 0 Å². The molecule has 1 aromatic carbocycles. The third kappa shape index (κ3) is 6.05. The Kier molecular flexibility index (Phi) is 6.30. The molecule has 0 atom stereocenters. The molecule has 2 amide bonds. The summed E-state index contributed by atoms with van der Waals surface area (Å²) >= 11 is 0. The summed E-state index contributed by atoms with van der Waals surface area (Å²) in [4.78, 5) is 11.2. The zero-order valence-corrected chi connectivity index (χ0v) is 11.3. The molecule has 0 aliphatic heterocycles. The first kappa shape index (κ1) is 15.8. The molecule has 0 aromatic heterocycles. The van der Waals surface area contributed by atoms with Crippen LogP contribution in [-0.2, 0) is 0 Å². The Morgan fingerprint density at radius 3 is 2.75 bits per heavy atom. The third-order valence-corrected chi connectivity index (χ3v) is 2.08. The Morgan fingerprint density at radius 1 is 1.35 bits per heavy atom. The molecule has 2 N–H and O–H groups in total. The van der Waals surface area contributed by atoms with Crippen molar-refractivity contribution in [1.82, 2.24) is 10.6 Å². The first-order valence-electron chi connectivity index (χ1n) is 6.07. The van der Waals surface area contributed by atoms with Crippen molar-refractivity contribution in [3.63, 3.8) is 0 Å². The van der Waals surface area contributed by atoms with Crippen LogP contribution in [-0.4, -0.2) is 25.2 Å². The van der Waals surface area contributed by atoms with Crippen LogP contribution in [0.15, 0.2) is 18.2 Å². The molecule has 108 valence electrons. The molecule has 1 aromatic rings. The second kappa shape index (κ2) is 8.00. The van der Waals surface area contributed by atoms with E-state index in [0.29, 0.717) is 0 Å². The standard InChI is InChI=1S/C14H16F2N2O2/c1-10(2)18-14(19)17-7-3-4-8-20-13-6-5-11(15)9-12(13)16/h5-6,9-10H,7-8H2,1-2H3,(H2,17,18,19). The van der Waals surface area contributed by atoms with E-state index in [1.165, 1.54) is 6.07 Å². The minimum absolute atomic E-state index is 0.0456. The topological polar surface area (TPSA) is 50.4 Å². The maximum atomic E-state index is 13.2. The number of halogens is 2. The maximum Gasteiger partial charge on any atom is 0.315 e. The molecule has 0 saturated carbocycles. The Labute approximate surface area is 116 Å². The van der Waals surface area contributed by atoms with E-state index >= 15 is 0 Å². The lowest BCUT2D eigenvalue weighted by Crippen LogP contribution is -2.39. The van der Waals surface area contributed by atoms with Crippen molar-refractivity contribution in [2.45, 2.75) is 19.9 Å². The van der Waals surface area contributed by atoms with Crippen LogP contribution in [0.5, 0.6) is 5.75 Å². The van der Waals surface area contributed by atoms with Crippen LogP contribution >= 0.6 is 0 Å². The Bertz CT molecular complexity index is 522. The lowest BCUT2D eigenvalue weighted by Gasteiger charge is -2.07. The van der Waals surface area contributed by atoms with Gasteiger partial charge >= 0.3 is 6.03 Å². The highest BCUT2D eigenvalue weighted by Gasteiger charge is 2.03. The summed E-state index contributed by atoms with van der Waals surface area (Å²) in [5.74, 6) is 3.75. The smallest absolute Gasteiger partial charge is 0.315 e. The molecule has 0 fully saturated rings. The zero-order valence-electron chi connectivity index (χ0n) is 11.3. The first-order chi connectivity index (χ1) is 9.49. The van der Waals surface area contributed by atoms with Gasteiger partial charge in [-0.2, -0.15) is 0 Å². The number of amides is 2. The molecular weight excluding hydrogens is 266 g/mol. The largest absolute Gasteiger partial charge is 0.478 e. The quantitative estimate of drug-likeness (QED) is 0.830. The molecule has 4 nitrogen and oxygen atoms in total. The summed E-state index contributed by atoms with van der Waals surface area (Å²) in [6, 6.07) is 2.78. The van der Waals surface area contributed by atoms with E-state index in [0.717, 1.165) is 12.1 Å². The number of carbonyl (C=O) groups is 1. The van der Waals surface area contributed by atoms with Crippen LogP contribution < -0.4 is 15.4 Å². The lowest BCUT2D eigenvalue weighted by molar-refractivity contribution is 0.239. The van der Waals surface area contributed by atoms with Crippen LogP contribution in [0.3, 0.4) is 0 Å². The van der Waals surface area contributed by atoms with E-state index in [1.807, 2.05) is 13.8 Å². The van der Waals surface area contributed by atoms with E-state index < -0.39 is 11.6 Å². The van der Waals surface area contributed by atoms with Crippen molar-refractivity contribution in [1.29, 1.82) is 0 Å². The molecule has 0 unspecified atom stereocenters. The van der Waals surface area contributed by atoms with Crippen molar-refractivity contribution >= 4 is 6.03 Å². The van der Waals surface area contributed by atoms with Gasteiger partial charge in [0.05, 0.1) is 6.54 Å². The fourth-order valence-electron chi connectivity index (χ4n) is 1.26. The summed E-state index contributed by atoms with van der Waals surface area (Å²) in [6.07, 6.45) is 0.